The largest absolute Gasteiger partial charge is 0.273 e. The van der Waals surface area contributed by atoms with Gasteiger partial charge >= 0.3 is 0 Å². The molecule has 2 rings (SSSR count). The number of carbonyl (C=O) groups excluding carboxylic acids is 1. The maximum atomic E-state index is 11.9. The van der Waals surface area contributed by atoms with Crippen LogP contribution in [0.1, 0.15) is 10.4 Å². The predicted octanol–water partition coefficient (Wildman–Crippen LogP) is 2.07. The quantitative estimate of drug-likeness (QED) is 0.825. The summed E-state index contributed by atoms with van der Waals surface area (Å²) >= 11 is 3.22. The Labute approximate surface area is 125 Å². The minimum atomic E-state index is -3.78. The molecule has 0 saturated heterocycles. The fourth-order valence-corrected chi connectivity index (χ4v) is 2.55. The number of hydrogen-bond donors (Lipinski definition) is 2. The molecular formula is C13H11BrN2O3S. The van der Waals surface area contributed by atoms with Gasteiger partial charge in [-0.05, 0) is 36.4 Å². The number of hydrogen-bond acceptors (Lipinski definition) is 3. The van der Waals surface area contributed by atoms with Crippen molar-refractivity contribution in [2.45, 2.75) is 4.90 Å². The van der Waals surface area contributed by atoms with Gasteiger partial charge in [0.05, 0.1) is 4.90 Å². The van der Waals surface area contributed by atoms with E-state index in [4.69, 9.17) is 0 Å². The molecule has 0 spiro atoms. The predicted molar refractivity (Wildman–Crippen MR) is 78.4 cm³/mol. The van der Waals surface area contributed by atoms with Crippen molar-refractivity contribution >= 4 is 31.9 Å². The maximum absolute atomic E-state index is 11.9. The van der Waals surface area contributed by atoms with Gasteiger partial charge in [0.25, 0.3) is 15.9 Å². The zero-order valence-corrected chi connectivity index (χ0v) is 12.6. The highest BCUT2D eigenvalue weighted by Gasteiger charge is 2.15. The van der Waals surface area contributed by atoms with Gasteiger partial charge in [-0.15, -0.1) is 4.83 Å². The molecule has 7 heteroatoms. The SMILES string of the molecule is O=C(NNS(=O)(=O)c1ccc(Br)cc1)c1ccccc1. The van der Waals surface area contributed by atoms with Crippen molar-refractivity contribution in [3.63, 3.8) is 0 Å². The van der Waals surface area contributed by atoms with Gasteiger partial charge in [-0.3, -0.25) is 10.2 Å². The van der Waals surface area contributed by atoms with Crippen LogP contribution in [-0.2, 0) is 10.0 Å². The number of nitrogens with one attached hydrogen (secondary N) is 2. The van der Waals surface area contributed by atoms with Crippen molar-refractivity contribution in [1.29, 1.82) is 0 Å². The lowest BCUT2D eigenvalue weighted by Crippen LogP contribution is -2.41. The van der Waals surface area contributed by atoms with Crippen LogP contribution in [0.15, 0.2) is 64.0 Å². The van der Waals surface area contributed by atoms with Crippen LogP contribution in [0, 0.1) is 0 Å². The summed E-state index contributed by atoms with van der Waals surface area (Å²) in [5.41, 5.74) is 2.53. The van der Waals surface area contributed by atoms with E-state index in [0.717, 1.165) is 4.47 Å². The second-order valence-electron chi connectivity index (χ2n) is 3.88. The average Bonchev–Trinajstić information content (AvgIpc) is 2.46. The van der Waals surface area contributed by atoms with Crippen molar-refractivity contribution in [2.24, 2.45) is 0 Å². The Morgan fingerprint density at radius 3 is 2.15 bits per heavy atom. The van der Waals surface area contributed by atoms with E-state index in [0.29, 0.717) is 5.56 Å². The topological polar surface area (TPSA) is 75.3 Å². The summed E-state index contributed by atoms with van der Waals surface area (Å²) in [7, 11) is -3.78. The van der Waals surface area contributed by atoms with Crippen LogP contribution in [0.5, 0.6) is 0 Å². The smallest absolute Gasteiger partial charge is 0.266 e. The zero-order valence-electron chi connectivity index (χ0n) is 10.2. The minimum Gasteiger partial charge on any atom is -0.273 e. The lowest BCUT2D eigenvalue weighted by molar-refractivity contribution is 0.0945. The molecule has 0 radical (unpaired) electrons. The van der Waals surface area contributed by atoms with Crippen LogP contribution >= 0.6 is 15.9 Å². The standard InChI is InChI=1S/C13H11BrN2O3S/c14-11-6-8-12(9-7-11)20(18,19)16-15-13(17)10-4-2-1-3-5-10/h1-9,16H,(H,15,17). The lowest BCUT2D eigenvalue weighted by atomic mass is 10.2. The lowest BCUT2D eigenvalue weighted by Gasteiger charge is -2.08. The molecule has 2 aromatic carbocycles. The van der Waals surface area contributed by atoms with Gasteiger partial charge in [0.1, 0.15) is 0 Å². The Balaban J connectivity index is 2.06. The number of hydrazine groups is 1. The molecule has 0 unspecified atom stereocenters. The number of amides is 1. The minimum absolute atomic E-state index is 0.0639. The third-order valence-electron chi connectivity index (χ3n) is 2.46. The molecule has 1 amide bonds. The van der Waals surface area contributed by atoms with E-state index in [1.54, 1.807) is 42.5 Å². The van der Waals surface area contributed by atoms with Crippen molar-refractivity contribution in [3.8, 4) is 0 Å². The third kappa shape index (κ3) is 3.66. The fourth-order valence-electron chi connectivity index (χ4n) is 1.45. The molecule has 5 nitrogen and oxygen atoms in total. The second kappa shape index (κ2) is 6.17. The highest BCUT2D eigenvalue weighted by atomic mass is 79.9. The number of benzene rings is 2. The summed E-state index contributed by atoms with van der Waals surface area (Å²) in [4.78, 5) is 13.8. The van der Waals surface area contributed by atoms with Gasteiger partial charge in [0.15, 0.2) is 0 Å². The molecule has 0 aromatic heterocycles. The van der Waals surface area contributed by atoms with E-state index in [1.807, 2.05) is 0 Å². The molecule has 0 aliphatic rings. The third-order valence-corrected chi connectivity index (χ3v) is 4.25. The van der Waals surface area contributed by atoms with Gasteiger partial charge < -0.3 is 0 Å². The number of sulfonamides is 1. The van der Waals surface area contributed by atoms with E-state index >= 15 is 0 Å². The first kappa shape index (κ1) is 14.7. The van der Waals surface area contributed by atoms with Crippen molar-refractivity contribution in [1.82, 2.24) is 10.3 Å². The van der Waals surface area contributed by atoms with Crippen molar-refractivity contribution in [3.05, 3.63) is 64.6 Å². The molecule has 20 heavy (non-hydrogen) atoms. The molecule has 0 saturated carbocycles. The first-order valence-corrected chi connectivity index (χ1v) is 7.89. The Kier molecular flexibility index (Phi) is 4.53. The van der Waals surface area contributed by atoms with Crippen LogP contribution in [0.3, 0.4) is 0 Å². The van der Waals surface area contributed by atoms with E-state index in [9.17, 15) is 13.2 Å². The first-order chi connectivity index (χ1) is 9.49. The zero-order chi connectivity index (χ0) is 14.6. The summed E-state index contributed by atoms with van der Waals surface area (Å²) in [6, 6.07) is 14.4. The van der Waals surface area contributed by atoms with Crippen LogP contribution in [0.4, 0.5) is 0 Å². The Morgan fingerprint density at radius 2 is 1.55 bits per heavy atom. The van der Waals surface area contributed by atoms with Gasteiger partial charge in [0, 0.05) is 10.0 Å². The van der Waals surface area contributed by atoms with E-state index in [-0.39, 0.29) is 4.90 Å². The van der Waals surface area contributed by atoms with Crippen LogP contribution in [0.2, 0.25) is 0 Å². The van der Waals surface area contributed by atoms with Crippen molar-refractivity contribution < 1.29 is 13.2 Å². The molecule has 0 bridgehead atoms. The summed E-state index contributed by atoms with van der Waals surface area (Å²) in [6.07, 6.45) is 0. The molecule has 2 aromatic rings. The summed E-state index contributed by atoms with van der Waals surface area (Å²) in [5.74, 6) is -0.522. The second-order valence-corrected chi connectivity index (χ2v) is 6.48. The number of carbonyl (C=O) groups is 1. The molecular weight excluding hydrogens is 344 g/mol. The Bertz CT molecular complexity index is 700. The van der Waals surface area contributed by atoms with Gasteiger partial charge in [-0.2, -0.15) is 0 Å². The molecule has 104 valence electrons. The van der Waals surface area contributed by atoms with Crippen LogP contribution in [-0.4, -0.2) is 14.3 Å². The number of rotatable bonds is 4. The maximum Gasteiger partial charge on any atom is 0.266 e. The van der Waals surface area contributed by atoms with Crippen LogP contribution in [0.25, 0.3) is 0 Å². The molecule has 2 N–H and O–H groups in total. The highest BCUT2D eigenvalue weighted by Crippen LogP contribution is 2.14. The van der Waals surface area contributed by atoms with E-state index < -0.39 is 15.9 Å². The first-order valence-electron chi connectivity index (χ1n) is 5.62. The van der Waals surface area contributed by atoms with Gasteiger partial charge in [0.2, 0.25) is 0 Å². The van der Waals surface area contributed by atoms with Crippen molar-refractivity contribution in [2.75, 3.05) is 0 Å². The molecule has 0 aliphatic carbocycles. The fraction of sp³-hybridized carbons (Fsp3) is 0. The average molecular weight is 355 g/mol. The van der Waals surface area contributed by atoms with Gasteiger partial charge in [-0.1, -0.05) is 34.1 Å². The van der Waals surface area contributed by atoms with E-state index in [2.05, 4.69) is 26.2 Å². The van der Waals surface area contributed by atoms with Crippen LogP contribution < -0.4 is 10.3 Å². The molecule has 0 aliphatic heterocycles. The number of halogens is 1. The summed E-state index contributed by atoms with van der Waals surface area (Å²) in [6.45, 7) is 0. The van der Waals surface area contributed by atoms with Gasteiger partial charge in [-0.25, -0.2) is 8.42 Å². The summed E-state index contributed by atoms with van der Waals surface area (Å²) < 4.78 is 24.6. The molecule has 0 atom stereocenters. The normalized spacial score (nSPS) is 11.1. The molecule has 0 fully saturated rings. The Hall–Kier alpha value is -1.70. The Morgan fingerprint density at radius 1 is 0.950 bits per heavy atom. The summed E-state index contributed by atoms with van der Waals surface area (Å²) in [5, 5.41) is 0. The monoisotopic (exact) mass is 354 g/mol. The van der Waals surface area contributed by atoms with E-state index in [1.165, 1.54) is 12.1 Å². The molecule has 0 heterocycles. The highest BCUT2D eigenvalue weighted by molar-refractivity contribution is 9.10.